The largest absolute Gasteiger partial charge is 0.466 e. The zero-order chi connectivity index (χ0) is 18.8. The maximum atomic E-state index is 11.1. The van der Waals surface area contributed by atoms with E-state index in [1.165, 1.54) is 0 Å². The van der Waals surface area contributed by atoms with Gasteiger partial charge in [-0.2, -0.15) is 5.26 Å². The number of halogens is 4. The van der Waals surface area contributed by atoms with E-state index in [1.807, 2.05) is 6.07 Å². The molecule has 0 heterocycles. The van der Waals surface area contributed by atoms with Crippen molar-refractivity contribution in [2.75, 3.05) is 6.61 Å². The summed E-state index contributed by atoms with van der Waals surface area (Å²) >= 11 is 23.0. The van der Waals surface area contributed by atoms with Gasteiger partial charge >= 0.3 is 5.97 Å². The van der Waals surface area contributed by atoms with Crippen LogP contribution in [0.5, 0.6) is 0 Å². The summed E-state index contributed by atoms with van der Waals surface area (Å²) in [5.41, 5.74) is 1.55. The molecule has 0 aliphatic carbocycles. The smallest absolute Gasteiger partial charge is 0.310 e. The maximum absolute atomic E-state index is 11.1. The first-order valence-corrected chi connectivity index (χ1v) is 8.79. The highest BCUT2D eigenvalue weighted by Gasteiger charge is 2.07. The molecule has 0 amide bonds. The Kier molecular flexibility index (Phi) is 9.70. The van der Waals surface area contributed by atoms with E-state index >= 15 is 0 Å². The Morgan fingerprint density at radius 1 is 1.00 bits per heavy atom. The van der Waals surface area contributed by atoms with Crippen molar-refractivity contribution in [2.24, 2.45) is 0 Å². The van der Waals surface area contributed by atoms with Crippen LogP contribution in [0.2, 0.25) is 20.1 Å². The maximum Gasteiger partial charge on any atom is 0.310 e. The van der Waals surface area contributed by atoms with Gasteiger partial charge in [-0.05, 0) is 42.3 Å². The molecule has 0 N–H and O–H groups in total. The third-order valence-electron chi connectivity index (χ3n) is 2.94. The fourth-order valence-electron chi connectivity index (χ4n) is 1.78. The molecule has 0 saturated carbocycles. The van der Waals surface area contributed by atoms with Crippen molar-refractivity contribution in [3.8, 4) is 6.07 Å². The minimum Gasteiger partial charge on any atom is -0.466 e. The Balaban J connectivity index is 0.000000257. The molecule has 3 nitrogen and oxygen atoms in total. The molecule has 0 spiro atoms. The molecule has 0 aliphatic heterocycles. The fourth-order valence-corrected chi connectivity index (χ4v) is 2.73. The van der Waals surface area contributed by atoms with Crippen molar-refractivity contribution in [1.29, 1.82) is 5.26 Å². The van der Waals surface area contributed by atoms with Crippen molar-refractivity contribution >= 4 is 52.4 Å². The van der Waals surface area contributed by atoms with E-state index < -0.39 is 0 Å². The van der Waals surface area contributed by atoms with Crippen LogP contribution in [-0.4, -0.2) is 12.6 Å². The van der Waals surface area contributed by atoms with Crippen molar-refractivity contribution in [1.82, 2.24) is 0 Å². The van der Waals surface area contributed by atoms with Crippen LogP contribution in [0.25, 0.3) is 0 Å². The average molecular weight is 419 g/mol. The third kappa shape index (κ3) is 7.98. The summed E-state index contributed by atoms with van der Waals surface area (Å²) in [4.78, 5) is 11.1. The van der Waals surface area contributed by atoms with Gasteiger partial charge in [0.15, 0.2) is 0 Å². The lowest BCUT2D eigenvalue weighted by atomic mass is 10.1. The lowest BCUT2D eigenvalue weighted by Gasteiger charge is -2.04. The Labute approximate surface area is 167 Å². The minimum atomic E-state index is -0.281. The molecule has 0 saturated heterocycles. The number of carbonyl (C=O) groups excluding carboxylic acids is 1. The van der Waals surface area contributed by atoms with Crippen LogP contribution in [0.15, 0.2) is 36.4 Å². The Hall–Kier alpha value is -1.44. The van der Waals surface area contributed by atoms with Crippen LogP contribution in [0, 0.1) is 11.3 Å². The number of nitriles is 1. The second kappa shape index (κ2) is 11.2. The summed E-state index contributed by atoms with van der Waals surface area (Å²) in [6, 6.07) is 12.2. The van der Waals surface area contributed by atoms with Crippen LogP contribution >= 0.6 is 46.4 Å². The van der Waals surface area contributed by atoms with Crippen LogP contribution in [0.1, 0.15) is 18.1 Å². The first kappa shape index (κ1) is 21.6. The SMILES string of the molecule is CCOC(=O)Cc1ccc(Cl)cc1Cl.N#CCc1ccc(Cl)cc1Cl. The summed E-state index contributed by atoms with van der Waals surface area (Å²) in [5.74, 6) is -0.281. The summed E-state index contributed by atoms with van der Waals surface area (Å²) in [6.07, 6.45) is 0.514. The van der Waals surface area contributed by atoms with Crippen LogP contribution in [0.4, 0.5) is 0 Å². The molecule has 0 radical (unpaired) electrons. The molecule has 0 unspecified atom stereocenters. The second-order valence-electron chi connectivity index (χ2n) is 4.79. The first-order chi connectivity index (χ1) is 11.9. The van der Waals surface area contributed by atoms with E-state index in [0.717, 1.165) is 11.1 Å². The van der Waals surface area contributed by atoms with E-state index in [4.69, 9.17) is 56.4 Å². The van der Waals surface area contributed by atoms with Gasteiger partial charge in [0.1, 0.15) is 0 Å². The molecule has 2 aromatic rings. The van der Waals surface area contributed by atoms with Crippen LogP contribution in [-0.2, 0) is 22.4 Å². The number of esters is 1. The predicted molar refractivity (Wildman–Crippen MR) is 103 cm³/mol. The fraction of sp³-hybridized carbons (Fsp3) is 0.222. The van der Waals surface area contributed by atoms with Gasteiger partial charge in [0, 0.05) is 20.1 Å². The summed E-state index contributed by atoms with van der Waals surface area (Å²) in [6.45, 7) is 2.14. The van der Waals surface area contributed by atoms with Gasteiger partial charge < -0.3 is 4.74 Å². The van der Waals surface area contributed by atoms with Crippen LogP contribution < -0.4 is 0 Å². The van der Waals surface area contributed by atoms with Crippen molar-refractivity contribution in [3.63, 3.8) is 0 Å². The monoisotopic (exact) mass is 417 g/mol. The minimum absolute atomic E-state index is 0.184. The van der Waals surface area contributed by atoms with E-state index in [0.29, 0.717) is 33.1 Å². The zero-order valence-electron chi connectivity index (χ0n) is 13.4. The first-order valence-electron chi connectivity index (χ1n) is 7.27. The highest BCUT2D eigenvalue weighted by atomic mass is 35.5. The van der Waals surface area contributed by atoms with Gasteiger partial charge in [-0.1, -0.05) is 58.5 Å². The number of nitrogens with zero attached hydrogens (tertiary/aromatic N) is 1. The molecule has 2 rings (SSSR count). The van der Waals surface area contributed by atoms with Gasteiger partial charge in [-0.15, -0.1) is 0 Å². The standard InChI is InChI=1S/C10H10Cl2O2.C8H5Cl2N/c1-2-14-10(13)5-7-3-4-8(11)6-9(7)12;9-7-2-1-6(3-4-11)8(10)5-7/h3-4,6H,2,5H2,1H3;1-2,5H,3H2. The highest BCUT2D eigenvalue weighted by Crippen LogP contribution is 2.22. The van der Waals surface area contributed by atoms with Gasteiger partial charge in [-0.3, -0.25) is 4.79 Å². The summed E-state index contributed by atoms with van der Waals surface area (Å²) < 4.78 is 4.80. The number of hydrogen-bond donors (Lipinski definition) is 0. The molecular weight excluding hydrogens is 404 g/mol. The molecule has 0 atom stereocenters. The Morgan fingerprint density at radius 2 is 1.52 bits per heavy atom. The molecule has 0 aliphatic rings. The zero-order valence-corrected chi connectivity index (χ0v) is 16.4. The number of ether oxygens (including phenoxy) is 1. The predicted octanol–water partition coefficient (Wildman–Crippen LogP) is 6.16. The molecule has 0 fully saturated rings. The Bertz CT molecular complexity index is 772. The Morgan fingerprint density at radius 3 is 1.96 bits per heavy atom. The molecular formula is C18H15Cl4NO2. The molecule has 25 heavy (non-hydrogen) atoms. The number of benzene rings is 2. The molecule has 0 bridgehead atoms. The van der Waals surface area contributed by atoms with Gasteiger partial charge in [-0.25, -0.2) is 0 Å². The lowest BCUT2D eigenvalue weighted by Crippen LogP contribution is -2.07. The van der Waals surface area contributed by atoms with Crippen LogP contribution in [0.3, 0.4) is 0 Å². The van der Waals surface area contributed by atoms with Gasteiger partial charge in [0.2, 0.25) is 0 Å². The van der Waals surface area contributed by atoms with Gasteiger partial charge in [0.05, 0.1) is 25.5 Å². The van der Waals surface area contributed by atoms with E-state index in [1.54, 1.807) is 43.3 Å². The third-order valence-corrected chi connectivity index (χ3v) is 4.11. The summed E-state index contributed by atoms with van der Waals surface area (Å²) in [7, 11) is 0. The van der Waals surface area contributed by atoms with E-state index in [2.05, 4.69) is 0 Å². The molecule has 132 valence electrons. The molecule has 2 aromatic carbocycles. The lowest BCUT2D eigenvalue weighted by molar-refractivity contribution is -0.142. The quantitative estimate of drug-likeness (QED) is 0.558. The second-order valence-corrected chi connectivity index (χ2v) is 6.48. The molecule has 0 aromatic heterocycles. The normalized spacial score (nSPS) is 9.60. The number of hydrogen-bond acceptors (Lipinski definition) is 3. The van der Waals surface area contributed by atoms with E-state index in [-0.39, 0.29) is 12.4 Å². The topological polar surface area (TPSA) is 50.1 Å². The average Bonchev–Trinajstić information content (AvgIpc) is 2.54. The van der Waals surface area contributed by atoms with Crippen molar-refractivity contribution in [3.05, 3.63) is 67.6 Å². The van der Waals surface area contributed by atoms with Crippen molar-refractivity contribution < 1.29 is 9.53 Å². The molecule has 7 heteroatoms. The highest BCUT2D eigenvalue weighted by molar-refractivity contribution is 6.35. The van der Waals surface area contributed by atoms with Gasteiger partial charge in [0.25, 0.3) is 0 Å². The number of carbonyl (C=O) groups is 1. The van der Waals surface area contributed by atoms with E-state index in [9.17, 15) is 4.79 Å². The number of rotatable bonds is 4. The summed E-state index contributed by atoms with van der Waals surface area (Å²) in [5, 5.41) is 10.6. The van der Waals surface area contributed by atoms with Crippen molar-refractivity contribution in [2.45, 2.75) is 19.8 Å².